The second-order valence-corrected chi connectivity index (χ2v) is 4.71. The van der Waals surface area contributed by atoms with Crippen molar-refractivity contribution in [1.82, 2.24) is 5.32 Å². The number of para-hydroxylation sites is 1. The van der Waals surface area contributed by atoms with Crippen LogP contribution in [0.15, 0.2) is 24.3 Å². The summed E-state index contributed by atoms with van der Waals surface area (Å²) in [5.41, 5.74) is 0.659. The molecule has 0 radical (unpaired) electrons. The molecule has 18 heavy (non-hydrogen) atoms. The van der Waals surface area contributed by atoms with Crippen molar-refractivity contribution in [2.45, 2.75) is 18.9 Å². The molecule has 0 saturated carbocycles. The maximum absolute atomic E-state index is 13.5. The topological polar surface area (TPSA) is 24.5 Å². The van der Waals surface area contributed by atoms with Gasteiger partial charge in [0, 0.05) is 39.4 Å². The highest BCUT2D eigenvalue weighted by atomic mass is 19.1. The molecule has 3 nitrogen and oxygen atoms in total. The summed E-state index contributed by atoms with van der Waals surface area (Å²) >= 11 is 0. The van der Waals surface area contributed by atoms with Gasteiger partial charge in [-0.25, -0.2) is 4.39 Å². The molecule has 1 aromatic rings. The Morgan fingerprint density at radius 3 is 2.78 bits per heavy atom. The van der Waals surface area contributed by atoms with Crippen LogP contribution in [0.5, 0.6) is 0 Å². The fourth-order valence-corrected chi connectivity index (χ4v) is 2.22. The van der Waals surface area contributed by atoms with E-state index in [0.717, 1.165) is 39.1 Å². The monoisotopic (exact) mass is 252 g/mol. The zero-order valence-corrected chi connectivity index (χ0v) is 10.9. The Morgan fingerprint density at radius 2 is 2.06 bits per heavy atom. The maximum atomic E-state index is 13.5. The Morgan fingerprint density at radius 1 is 1.33 bits per heavy atom. The number of nitrogens with zero attached hydrogens (tertiary/aromatic N) is 1. The van der Waals surface area contributed by atoms with Crippen LogP contribution in [0.25, 0.3) is 0 Å². The van der Waals surface area contributed by atoms with Crippen molar-refractivity contribution in [2.75, 3.05) is 38.3 Å². The fourth-order valence-electron chi connectivity index (χ4n) is 2.22. The molecule has 1 saturated heterocycles. The number of hydrogen-bond acceptors (Lipinski definition) is 3. The van der Waals surface area contributed by atoms with E-state index in [1.165, 1.54) is 6.07 Å². The second kappa shape index (κ2) is 6.71. The highest BCUT2D eigenvalue weighted by Gasteiger charge is 2.13. The van der Waals surface area contributed by atoms with Crippen LogP contribution in [0.2, 0.25) is 0 Å². The number of hydrogen-bond donors (Lipinski definition) is 1. The van der Waals surface area contributed by atoms with Crippen LogP contribution in [-0.2, 0) is 4.74 Å². The molecule has 0 spiro atoms. The first-order valence-corrected chi connectivity index (χ1v) is 6.54. The van der Waals surface area contributed by atoms with E-state index >= 15 is 0 Å². The first-order chi connectivity index (χ1) is 8.77. The number of nitrogens with one attached hydrogen (secondary N) is 1. The molecule has 1 fully saturated rings. The summed E-state index contributed by atoms with van der Waals surface area (Å²) in [6.07, 6.45) is 2.15. The summed E-state index contributed by atoms with van der Waals surface area (Å²) in [4.78, 5) is 1.95. The third kappa shape index (κ3) is 3.68. The number of ether oxygens (including phenoxy) is 1. The molecule has 1 N–H and O–H groups in total. The molecule has 1 heterocycles. The Hall–Kier alpha value is -1.13. The molecule has 0 amide bonds. The second-order valence-electron chi connectivity index (χ2n) is 4.71. The van der Waals surface area contributed by atoms with Crippen LogP contribution in [0.4, 0.5) is 10.1 Å². The van der Waals surface area contributed by atoms with Gasteiger partial charge < -0.3 is 15.0 Å². The van der Waals surface area contributed by atoms with Crippen molar-refractivity contribution in [3.63, 3.8) is 0 Å². The standard InChI is InChI=1S/C14H21FN2O/c1-17(14-5-3-2-4-13(14)15)9-8-16-12-6-10-18-11-7-12/h2-5,12,16H,6-11H2,1H3. The van der Waals surface area contributed by atoms with Gasteiger partial charge in [0.2, 0.25) is 0 Å². The zero-order chi connectivity index (χ0) is 12.8. The highest BCUT2D eigenvalue weighted by molar-refractivity contribution is 5.46. The minimum atomic E-state index is -0.161. The lowest BCUT2D eigenvalue weighted by Crippen LogP contribution is -2.39. The van der Waals surface area contributed by atoms with Crippen LogP contribution in [-0.4, -0.2) is 39.4 Å². The Bertz CT molecular complexity index is 367. The van der Waals surface area contributed by atoms with Crippen molar-refractivity contribution in [3.05, 3.63) is 30.1 Å². The molecule has 0 bridgehead atoms. The van der Waals surface area contributed by atoms with Gasteiger partial charge in [-0.15, -0.1) is 0 Å². The molecule has 2 rings (SSSR count). The largest absolute Gasteiger partial charge is 0.381 e. The van der Waals surface area contributed by atoms with Gasteiger partial charge in [0.15, 0.2) is 0 Å². The van der Waals surface area contributed by atoms with Crippen molar-refractivity contribution in [3.8, 4) is 0 Å². The van der Waals surface area contributed by atoms with Gasteiger partial charge in [0.25, 0.3) is 0 Å². The number of halogens is 1. The van der Waals surface area contributed by atoms with E-state index in [1.54, 1.807) is 6.07 Å². The molecule has 100 valence electrons. The van der Waals surface area contributed by atoms with E-state index in [1.807, 2.05) is 24.1 Å². The summed E-state index contributed by atoms with van der Waals surface area (Å²) in [6, 6.07) is 7.43. The summed E-state index contributed by atoms with van der Waals surface area (Å²) in [7, 11) is 1.92. The lowest BCUT2D eigenvalue weighted by molar-refractivity contribution is 0.0783. The maximum Gasteiger partial charge on any atom is 0.146 e. The average molecular weight is 252 g/mol. The first kappa shape index (κ1) is 13.3. The summed E-state index contributed by atoms with van der Waals surface area (Å²) in [5.74, 6) is -0.161. The third-order valence-corrected chi connectivity index (χ3v) is 3.37. The van der Waals surface area contributed by atoms with E-state index < -0.39 is 0 Å². The van der Waals surface area contributed by atoms with Crippen LogP contribution in [0.3, 0.4) is 0 Å². The van der Waals surface area contributed by atoms with Crippen LogP contribution < -0.4 is 10.2 Å². The number of likely N-dealkylation sites (N-methyl/N-ethyl adjacent to an activating group) is 1. The number of anilines is 1. The third-order valence-electron chi connectivity index (χ3n) is 3.37. The fraction of sp³-hybridized carbons (Fsp3) is 0.571. The molecule has 1 aliphatic heterocycles. The lowest BCUT2D eigenvalue weighted by atomic mass is 10.1. The summed E-state index contributed by atoms with van der Waals surface area (Å²) in [6.45, 7) is 3.37. The molecule has 0 aliphatic carbocycles. The van der Waals surface area contributed by atoms with E-state index in [9.17, 15) is 4.39 Å². The number of benzene rings is 1. The summed E-state index contributed by atoms with van der Waals surface area (Å²) < 4.78 is 18.9. The molecule has 0 unspecified atom stereocenters. The van der Waals surface area contributed by atoms with Crippen molar-refractivity contribution in [1.29, 1.82) is 0 Å². The van der Waals surface area contributed by atoms with Gasteiger partial charge >= 0.3 is 0 Å². The molecule has 1 aliphatic rings. The van der Waals surface area contributed by atoms with Gasteiger partial charge in [-0.3, -0.25) is 0 Å². The minimum Gasteiger partial charge on any atom is -0.381 e. The molecular formula is C14H21FN2O. The van der Waals surface area contributed by atoms with Gasteiger partial charge in [-0.1, -0.05) is 12.1 Å². The van der Waals surface area contributed by atoms with Crippen LogP contribution >= 0.6 is 0 Å². The Kier molecular flexibility index (Phi) is 4.96. The van der Waals surface area contributed by atoms with E-state index in [4.69, 9.17) is 4.74 Å². The predicted molar refractivity (Wildman–Crippen MR) is 71.5 cm³/mol. The minimum absolute atomic E-state index is 0.161. The normalized spacial score (nSPS) is 16.8. The van der Waals surface area contributed by atoms with E-state index in [-0.39, 0.29) is 5.82 Å². The van der Waals surface area contributed by atoms with Crippen LogP contribution in [0, 0.1) is 5.82 Å². The molecule has 1 aromatic carbocycles. The van der Waals surface area contributed by atoms with Gasteiger partial charge in [0.05, 0.1) is 5.69 Å². The van der Waals surface area contributed by atoms with Gasteiger partial charge in [-0.05, 0) is 25.0 Å². The van der Waals surface area contributed by atoms with E-state index in [0.29, 0.717) is 11.7 Å². The molecule has 0 atom stereocenters. The first-order valence-electron chi connectivity index (χ1n) is 6.54. The highest BCUT2D eigenvalue weighted by Crippen LogP contribution is 2.16. The molecular weight excluding hydrogens is 231 g/mol. The van der Waals surface area contributed by atoms with Crippen molar-refractivity contribution in [2.24, 2.45) is 0 Å². The molecule has 4 heteroatoms. The Labute approximate surface area is 108 Å². The van der Waals surface area contributed by atoms with Crippen molar-refractivity contribution < 1.29 is 9.13 Å². The van der Waals surface area contributed by atoms with Crippen LogP contribution in [0.1, 0.15) is 12.8 Å². The van der Waals surface area contributed by atoms with E-state index in [2.05, 4.69) is 5.32 Å². The zero-order valence-electron chi connectivity index (χ0n) is 10.9. The lowest BCUT2D eigenvalue weighted by Gasteiger charge is -2.25. The Balaban J connectivity index is 1.74. The number of rotatable bonds is 5. The molecule has 0 aromatic heterocycles. The predicted octanol–water partition coefficient (Wildman–Crippen LogP) is 2.03. The summed E-state index contributed by atoms with van der Waals surface area (Å²) in [5, 5.41) is 3.50. The average Bonchev–Trinajstić information content (AvgIpc) is 2.40. The smallest absolute Gasteiger partial charge is 0.146 e. The SMILES string of the molecule is CN(CCNC1CCOCC1)c1ccccc1F. The van der Waals surface area contributed by atoms with Crippen molar-refractivity contribution >= 4 is 5.69 Å². The van der Waals surface area contributed by atoms with Gasteiger partial charge in [-0.2, -0.15) is 0 Å². The quantitative estimate of drug-likeness (QED) is 0.868. The van der Waals surface area contributed by atoms with Gasteiger partial charge in [0.1, 0.15) is 5.82 Å².